The van der Waals surface area contributed by atoms with Crippen molar-refractivity contribution in [1.82, 2.24) is 19.0 Å². The van der Waals surface area contributed by atoms with E-state index in [1.54, 1.807) is 18.5 Å². The highest BCUT2D eigenvalue weighted by atomic mass is 32.2. The Morgan fingerprint density at radius 3 is 2.88 bits per heavy atom. The molecule has 0 spiro atoms. The largest absolute Gasteiger partial charge is 0.337 e. The van der Waals surface area contributed by atoms with Gasteiger partial charge in [0.2, 0.25) is 0 Å². The summed E-state index contributed by atoms with van der Waals surface area (Å²) >= 11 is 2.90. The number of aromatic nitrogens is 4. The highest BCUT2D eigenvalue weighted by Gasteiger charge is 2.10. The zero-order chi connectivity index (χ0) is 16.5. The van der Waals surface area contributed by atoms with Crippen LogP contribution in [-0.2, 0) is 5.75 Å². The molecule has 0 saturated carbocycles. The van der Waals surface area contributed by atoms with Gasteiger partial charge in [0.25, 0.3) is 5.56 Å². The van der Waals surface area contributed by atoms with Crippen LogP contribution in [0.25, 0.3) is 16.2 Å². The quantitative estimate of drug-likeness (QED) is 0.450. The minimum absolute atomic E-state index is 0.0714. The molecule has 8 heteroatoms. The van der Waals surface area contributed by atoms with Gasteiger partial charge in [0.15, 0.2) is 10.1 Å². The highest BCUT2D eigenvalue weighted by molar-refractivity contribution is 7.98. The second kappa shape index (κ2) is 6.14. The van der Waals surface area contributed by atoms with Crippen LogP contribution in [0, 0.1) is 0 Å². The summed E-state index contributed by atoms with van der Waals surface area (Å²) in [5, 5.41) is 2.53. The summed E-state index contributed by atoms with van der Waals surface area (Å²) < 4.78 is 3.04. The topological polar surface area (TPSA) is 78.2 Å². The van der Waals surface area contributed by atoms with Gasteiger partial charge in [-0.2, -0.15) is 0 Å². The van der Waals surface area contributed by atoms with Gasteiger partial charge in [-0.3, -0.25) is 9.20 Å². The number of imidazole rings is 1. The third-order valence-electron chi connectivity index (χ3n) is 3.47. The van der Waals surface area contributed by atoms with Crippen molar-refractivity contribution in [3.63, 3.8) is 0 Å². The lowest BCUT2D eigenvalue weighted by Crippen LogP contribution is -2.13. The summed E-state index contributed by atoms with van der Waals surface area (Å²) in [7, 11) is 0. The van der Waals surface area contributed by atoms with E-state index in [0.717, 1.165) is 17.0 Å². The van der Waals surface area contributed by atoms with Crippen molar-refractivity contribution in [2.24, 2.45) is 0 Å². The first-order valence-corrected chi connectivity index (χ1v) is 9.06. The van der Waals surface area contributed by atoms with Crippen molar-refractivity contribution in [1.29, 1.82) is 0 Å². The van der Waals surface area contributed by atoms with Gasteiger partial charge >= 0.3 is 0 Å². The van der Waals surface area contributed by atoms with E-state index >= 15 is 0 Å². The first-order chi connectivity index (χ1) is 11.7. The monoisotopic (exact) mass is 355 g/mol. The molecule has 3 heterocycles. The maximum atomic E-state index is 12.0. The standard InChI is InChI=1S/C16H13N5OS2/c17-21-9-13(11-4-2-1-3-5-11)19-16(21)24-10-12-8-14(22)20-6-7-23-15(20)18-12/h1-9H,10,17H2. The molecule has 0 atom stereocenters. The van der Waals surface area contributed by atoms with Gasteiger partial charge in [-0.25, -0.2) is 14.6 Å². The normalized spacial score (nSPS) is 11.2. The molecule has 0 bridgehead atoms. The number of benzene rings is 1. The van der Waals surface area contributed by atoms with Crippen LogP contribution in [0.3, 0.4) is 0 Å². The van der Waals surface area contributed by atoms with E-state index in [9.17, 15) is 4.79 Å². The number of nitrogens with zero attached hydrogens (tertiary/aromatic N) is 4. The summed E-state index contributed by atoms with van der Waals surface area (Å²) in [5.41, 5.74) is 2.48. The lowest BCUT2D eigenvalue weighted by Gasteiger charge is -2.01. The Hall–Kier alpha value is -2.58. The van der Waals surface area contributed by atoms with Gasteiger partial charge in [-0.05, 0) is 0 Å². The second-order valence-electron chi connectivity index (χ2n) is 5.11. The number of nitrogen functional groups attached to an aromatic ring is 1. The molecule has 0 unspecified atom stereocenters. The summed E-state index contributed by atoms with van der Waals surface area (Å²) in [6.45, 7) is 0. The average molecular weight is 355 g/mol. The Bertz CT molecular complexity index is 1050. The number of hydrogen-bond donors (Lipinski definition) is 1. The van der Waals surface area contributed by atoms with E-state index in [-0.39, 0.29) is 5.56 Å². The van der Waals surface area contributed by atoms with Crippen molar-refractivity contribution in [2.75, 3.05) is 5.84 Å². The highest BCUT2D eigenvalue weighted by Crippen LogP contribution is 2.24. The van der Waals surface area contributed by atoms with Gasteiger partial charge in [-0.15, -0.1) is 11.3 Å². The molecule has 0 aliphatic heterocycles. The minimum Gasteiger partial charge on any atom is -0.337 e. The van der Waals surface area contributed by atoms with Crippen molar-refractivity contribution < 1.29 is 0 Å². The molecule has 6 nitrogen and oxygen atoms in total. The number of rotatable bonds is 4. The van der Waals surface area contributed by atoms with Crippen LogP contribution in [-0.4, -0.2) is 19.0 Å². The van der Waals surface area contributed by atoms with Crippen LogP contribution >= 0.6 is 23.1 Å². The van der Waals surface area contributed by atoms with Crippen molar-refractivity contribution in [3.8, 4) is 11.3 Å². The minimum atomic E-state index is -0.0714. The summed E-state index contributed by atoms with van der Waals surface area (Å²) in [6.07, 6.45) is 3.52. The summed E-state index contributed by atoms with van der Waals surface area (Å²) in [5.74, 6) is 6.53. The fraction of sp³-hybridized carbons (Fsp3) is 0.0625. The molecule has 0 amide bonds. The van der Waals surface area contributed by atoms with E-state index in [1.807, 2.05) is 35.7 Å². The number of thioether (sulfide) groups is 1. The smallest absolute Gasteiger partial charge is 0.258 e. The molecule has 4 rings (SSSR count). The Morgan fingerprint density at radius 1 is 1.21 bits per heavy atom. The summed E-state index contributed by atoms with van der Waals surface area (Å²) in [4.78, 5) is 21.7. The predicted molar refractivity (Wildman–Crippen MR) is 96.7 cm³/mol. The van der Waals surface area contributed by atoms with Crippen LogP contribution in [0.15, 0.2) is 64.1 Å². The molecule has 0 radical (unpaired) electrons. The molecule has 2 N–H and O–H groups in total. The number of hydrogen-bond acceptors (Lipinski definition) is 6. The number of thiazole rings is 1. The van der Waals surface area contributed by atoms with E-state index < -0.39 is 0 Å². The Kier molecular flexibility index (Phi) is 3.83. The maximum Gasteiger partial charge on any atom is 0.258 e. The van der Waals surface area contributed by atoms with Gasteiger partial charge < -0.3 is 5.84 Å². The third kappa shape index (κ3) is 2.81. The Morgan fingerprint density at radius 2 is 2.04 bits per heavy atom. The van der Waals surface area contributed by atoms with E-state index in [0.29, 0.717) is 15.9 Å². The van der Waals surface area contributed by atoms with Gasteiger partial charge in [0.05, 0.1) is 17.6 Å². The van der Waals surface area contributed by atoms with E-state index in [1.165, 1.54) is 32.2 Å². The lowest BCUT2D eigenvalue weighted by atomic mass is 10.2. The van der Waals surface area contributed by atoms with Crippen molar-refractivity contribution in [3.05, 3.63) is 70.2 Å². The first-order valence-electron chi connectivity index (χ1n) is 7.19. The zero-order valence-corrected chi connectivity index (χ0v) is 14.1. The fourth-order valence-corrected chi connectivity index (χ4v) is 3.86. The molecule has 1 aromatic carbocycles. The predicted octanol–water partition coefficient (Wildman–Crippen LogP) is 2.63. The van der Waals surface area contributed by atoms with Crippen LogP contribution in [0.4, 0.5) is 0 Å². The van der Waals surface area contributed by atoms with Crippen molar-refractivity contribution in [2.45, 2.75) is 10.9 Å². The molecule has 0 aliphatic rings. The molecule has 0 aliphatic carbocycles. The number of fused-ring (bicyclic) bond motifs is 1. The molecule has 120 valence electrons. The average Bonchev–Trinajstić information content (AvgIpc) is 3.21. The Labute approximate surface area is 145 Å². The SMILES string of the molecule is Nn1cc(-c2ccccc2)nc1SCc1cc(=O)n2ccsc2n1. The van der Waals surface area contributed by atoms with Gasteiger partial charge in [-0.1, -0.05) is 42.1 Å². The van der Waals surface area contributed by atoms with Crippen LogP contribution in [0.1, 0.15) is 5.69 Å². The first kappa shape index (κ1) is 15.0. The Balaban J connectivity index is 1.57. The third-order valence-corrected chi connectivity index (χ3v) is 5.23. The molecule has 4 aromatic rings. The molecule has 0 saturated heterocycles. The molecule has 3 aromatic heterocycles. The molecular weight excluding hydrogens is 342 g/mol. The maximum absolute atomic E-state index is 12.0. The van der Waals surface area contributed by atoms with Gasteiger partial charge in [0.1, 0.15) is 0 Å². The molecular formula is C16H13N5OS2. The van der Waals surface area contributed by atoms with Crippen LogP contribution in [0.2, 0.25) is 0 Å². The van der Waals surface area contributed by atoms with Crippen LogP contribution in [0.5, 0.6) is 0 Å². The van der Waals surface area contributed by atoms with Gasteiger partial charge in [0, 0.05) is 29.0 Å². The molecule has 24 heavy (non-hydrogen) atoms. The van der Waals surface area contributed by atoms with Crippen LogP contribution < -0.4 is 11.4 Å². The summed E-state index contributed by atoms with van der Waals surface area (Å²) in [6, 6.07) is 11.4. The van der Waals surface area contributed by atoms with E-state index in [2.05, 4.69) is 9.97 Å². The van der Waals surface area contributed by atoms with E-state index in [4.69, 9.17) is 5.84 Å². The zero-order valence-electron chi connectivity index (χ0n) is 12.5. The molecule has 0 fully saturated rings. The fourth-order valence-electron chi connectivity index (χ4n) is 2.33. The van der Waals surface area contributed by atoms with Crippen molar-refractivity contribution >= 4 is 28.1 Å². The lowest BCUT2D eigenvalue weighted by molar-refractivity contribution is 0.850. The number of nitrogens with two attached hydrogens (primary N) is 1. The second-order valence-corrected chi connectivity index (χ2v) is 6.93.